The summed E-state index contributed by atoms with van der Waals surface area (Å²) in [7, 11) is 1.76. The van der Waals surface area contributed by atoms with Gasteiger partial charge in [-0.3, -0.25) is 0 Å². The van der Waals surface area contributed by atoms with Crippen LogP contribution in [0, 0.1) is 0 Å². The van der Waals surface area contributed by atoms with Crippen LogP contribution in [-0.2, 0) is 6.54 Å². The first kappa shape index (κ1) is 13.4. The maximum Gasteiger partial charge on any atom is 0.123 e. The van der Waals surface area contributed by atoms with Gasteiger partial charge in [-0.15, -0.1) is 0 Å². The molecule has 0 bridgehead atoms. The van der Waals surface area contributed by atoms with Gasteiger partial charge in [-0.2, -0.15) is 0 Å². The van der Waals surface area contributed by atoms with Gasteiger partial charge in [0, 0.05) is 18.2 Å². The Balaban J connectivity index is 2.02. The lowest BCUT2D eigenvalue weighted by molar-refractivity contribution is 0.404. The standard InChI is InChI=1S/C16H25NO/c1-12(2)13-8-9-14(16(10-13)18-3)11-17-15-6-4-5-7-15/h8-10,12,15,17H,4-7,11H2,1-3H3. The molecule has 0 aliphatic heterocycles. The normalized spacial score (nSPS) is 16.4. The Labute approximate surface area is 111 Å². The summed E-state index contributed by atoms with van der Waals surface area (Å²) in [4.78, 5) is 0. The molecule has 2 rings (SSSR count). The Bertz CT molecular complexity index is 381. The van der Waals surface area contributed by atoms with Crippen molar-refractivity contribution in [2.75, 3.05) is 7.11 Å². The van der Waals surface area contributed by atoms with E-state index in [-0.39, 0.29) is 0 Å². The third kappa shape index (κ3) is 3.26. The summed E-state index contributed by atoms with van der Waals surface area (Å²) in [5.74, 6) is 1.57. The fourth-order valence-electron chi connectivity index (χ4n) is 2.65. The van der Waals surface area contributed by atoms with Gasteiger partial charge in [-0.05, 0) is 30.4 Å². The summed E-state index contributed by atoms with van der Waals surface area (Å²) in [5.41, 5.74) is 2.62. The van der Waals surface area contributed by atoms with Gasteiger partial charge in [0.1, 0.15) is 5.75 Å². The van der Waals surface area contributed by atoms with E-state index < -0.39 is 0 Å². The summed E-state index contributed by atoms with van der Waals surface area (Å²) in [6, 6.07) is 7.31. The third-order valence-electron chi connectivity index (χ3n) is 3.91. The molecule has 0 aromatic heterocycles. The van der Waals surface area contributed by atoms with Crippen LogP contribution in [0.15, 0.2) is 18.2 Å². The van der Waals surface area contributed by atoms with Gasteiger partial charge >= 0.3 is 0 Å². The predicted molar refractivity (Wildman–Crippen MR) is 76.2 cm³/mol. The lowest BCUT2D eigenvalue weighted by Crippen LogP contribution is -2.25. The zero-order valence-corrected chi connectivity index (χ0v) is 11.8. The molecule has 0 atom stereocenters. The molecule has 0 radical (unpaired) electrons. The molecule has 1 aromatic rings. The number of ether oxygens (including phenoxy) is 1. The van der Waals surface area contributed by atoms with Crippen LogP contribution < -0.4 is 10.1 Å². The minimum atomic E-state index is 0.552. The highest BCUT2D eigenvalue weighted by molar-refractivity contribution is 5.38. The number of hydrogen-bond donors (Lipinski definition) is 1. The topological polar surface area (TPSA) is 21.3 Å². The van der Waals surface area contributed by atoms with E-state index in [1.807, 2.05) is 0 Å². The molecule has 100 valence electrons. The van der Waals surface area contributed by atoms with Crippen LogP contribution in [0.25, 0.3) is 0 Å². The Hall–Kier alpha value is -1.02. The number of rotatable bonds is 5. The van der Waals surface area contributed by atoms with Crippen LogP contribution in [0.4, 0.5) is 0 Å². The van der Waals surface area contributed by atoms with Crippen LogP contribution in [0.2, 0.25) is 0 Å². The second kappa shape index (κ2) is 6.24. The zero-order chi connectivity index (χ0) is 13.0. The summed E-state index contributed by atoms with van der Waals surface area (Å²) in [5, 5.41) is 3.64. The highest BCUT2D eigenvalue weighted by Crippen LogP contribution is 2.25. The molecule has 1 aliphatic rings. The second-order valence-corrected chi connectivity index (χ2v) is 5.59. The Kier molecular flexibility index (Phi) is 4.65. The molecule has 2 nitrogen and oxygen atoms in total. The maximum absolute atomic E-state index is 5.51. The van der Waals surface area contributed by atoms with Gasteiger partial charge in [0.15, 0.2) is 0 Å². The molecular weight excluding hydrogens is 222 g/mol. The molecule has 0 heterocycles. The Morgan fingerprint density at radius 3 is 2.61 bits per heavy atom. The molecule has 0 spiro atoms. The molecule has 18 heavy (non-hydrogen) atoms. The predicted octanol–water partition coefficient (Wildman–Crippen LogP) is 3.85. The van der Waals surface area contributed by atoms with Crippen molar-refractivity contribution in [1.82, 2.24) is 5.32 Å². The minimum Gasteiger partial charge on any atom is -0.496 e. The van der Waals surface area contributed by atoms with E-state index >= 15 is 0 Å². The summed E-state index contributed by atoms with van der Waals surface area (Å²) in [6.45, 7) is 5.35. The highest BCUT2D eigenvalue weighted by Gasteiger charge is 2.15. The van der Waals surface area contributed by atoms with Crippen molar-refractivity contribution in [3.05, 3.63) is 29.3 Å². The van der Waals surface area contributed by atoms with E-state index in [1.165, 1.54) is 36.8 Å². The van der Waals surface area contributed by atoms with Crippen molar-refractivity contribution in [2.45, 2.75) is 58.0 Å². The van der Waals surface area contributed by atoms with Gasteiger partial charge in [0.2, 0.25) is 0 Å². The van der Waals surface area contributed by atoms with Crippen molar-refractivity contribution in [3.8, 4) is 5.75 Å². The van der Waals surface area contributed by atoms with Crippen LogP contribution >= 0.6 is 0 Å². The van der Waals surface area contributed by atoms with Crippen molar-refractivity contribution in [3.63, 3.8) is 0 Å². The molecule has 1 saturated carbocycles. The summed E-state index contributed by atoms with van der Waals surface area (Å²) in [6.07, 6.45) is 5.40. The number of methoxy groups -OCH3 is 1. The van der Waals surface area contributed by atoms with Crippen molar-refractivity contribution >= 4 is 0 Å². The lowest BCUT2D eigenvalue weighted by Gasteiger charge is -2.16. The SMILES string of the molecule is COc1cc(C(C)C)ccc1CNC1CCCC1. The summed E-state index contributed by atoms with van der Waals surface area (Å²) >= 11 is 0. The largest absolute Gasteiger partial charge is 0.496 e. The average Bonchev–Trinajstić information content (AvgIpc) is 2.89. The van der Waals surface area contributed by atoms with Crippen LogP contribution in [0.3, 0.4) is 0 Å². The fraction of sp³-hybridized carbons (Fsp3) is 0.625. The van der Waals surface area contributed by atoms with E-state index in [0.717, 1.165) is 12.3 Å². The van der Waals surface area contributed by atoms with E-state index in [4.69, 9.17) is 4.74 Å². The van der Waals surface area contributed by atoms with Gasteiger partial charge in [-0.1, -0.05) is 38.8 Å². The first-order valence-electron chi connectivity index (χ1n) is 7.11. The molecule has 1 N–H and O–H groups in total. The fourth-order valence-corrected chi connectivity index (χ4v) is 2.65. The number of nitrogens with one attached hydrogen (secondary N) is 1. The van der Waals surface area contributed by atoms with Gasteiger partial charge in [0.25, 0.3) is 0 Å². The summed E-state index contributed by atoms with van der Waals surface area (Å²) < 4.78 is 5.51. The quantitative estimate of drug-likeness (QED) is 0.853. The first-order chi connectivity index (χ1) is 8.70. The smallest absolute Gasteiger partial charge is 0.123 e. The zero-order valence-electron chi connectivity index (χ0n) is 11.8. The van der Waals surface area contributed by atoms with Gasteiger partial charge in [0.05, 0.1) is 7.11 Å². The average molecular weight is 247 g/mol. The van der Waals surface area contributed by atoms with Gasteiger partial charge in [-0.25, -0.2) is 0 Å². The monoisotopic (exact) mass is 247 g/mol. The van der Waals surface area contributed by atoms with Crippen molar-refractivity contribution in [1.29, 1.82) is 0 Å². The minimum absolute atomic E-state index is 0.552. The highest BCUT2D eigenvalue weighted by atomic mass is 16.5. The molecule has 2 heteroatoms. The van der Waals surface area contributed by atoms with Crippen molar-refractivity contribution in [2.24, 2.45) is 0 Å². The molecule has 1 aromatic carbocycles. The van der Waals surface area contributed by atoms with Crippen molar-refractivity contribution < 1.29 is 4.74 Å². The van der Waals surface area contributed by atoms with E-state index in [1.54, 1.807) is 7.11 Å². The van der Waals surface area contributed by atoms with E-state index in [9.17, 15) is 0 Å². The molecule has 1 fully saturated rings. The lowest BCUT2D eigenvalue weighted by atomic mass is 10.0. The molecule has 0 amide bonds. The molecule has 0 saturated heterocycles. The van der Waals surface area contributed by atoms with Crippen LogP contribution in [0.1, 0.15) is 56.6 Å². The molecule has 1 aliphatic carbocycles. The second-order valence-electron chi connectivity index (χ2n) is 5.59. The number of hydrogen-bond acceptors (Lipinski definition) is 2. The van der Waals surface area contributed by atoms with Crippen LogP contribution in [0.5, 0.6) is 5.75 Å². The van der Waals surface area contributed by atoms with Crippen LogP contribution in [-0.4, -0.2) is 13.2 Å². The third-order valence-corrected chi connectivity index (χ3v) is 3.91. The Morgan fingerprint density at radius 1 is 1.28 bits per heavy atom. The van der Waals surface area contributed by atoms with E-state index in [2.05, 4.69) is 37.4 Å². The Morgan fingerprint density at radius 2 is 2.00 bits per heavy atom. The van der Waals surface area contributed by atoms with E-state index in [0.29, 0.717) is 12.0 Å². The number of benzene rings is 1. The molecular formula is C16H25NO. The molecule has 0 unspecified atom stereocenters. The van der Waals surface area contributed by atoms with Gasteiger partial charge < -0.3 is 10.1 Å². The first-order valence-corrected chi connectivity index (χ1v) is 7.11. The maximum atomic E-state index is 5.51.